The van der Waals surface area contributed by atoms with Gasteiger partial charge in [-0.15, -0.1) is 0 Å². The number of carbonyl (C=O) groups is 2. The van der Waals surface area contributed by atoms with Gasteiger partial charge in [0.15, 0.2) is 0 Å². The van der Waals surface area contributed by atoms with Crippen molar-refractivity contribution in [3.8, 4) is 0 Å². The van der Waals surface area contributed by atoms with Gasteiger partial charge in [0, 0.05) is 17.2 Å². The zero-order chi connectivity index (χ0) is 11.7. The summed E-state index contributed by atoms with van der Waals surface area (Å²) >= 11 is 9.81. The van der Waals surface area contributed by atoms with E-state index >= 15 is 0 Å². The van der Waals surface area contributed by atoms with Crippen LogP contribution >= 0.6 is 23.2 Å². The fourth-order valence-corrected chi connectivity index (χ4v) is 0.824. The van der Waals surface area contributed by atoms with E-state index in [1.807, 2.05) is 6.07 Å². The number of hydrogen-bond donors (Lipinski definition) is 0. The Balaban J connectivity index is 0.000000288. The van der Waals surface area contributed by atoms with Crippen molar-refractivity contribution in [2.45, 2.75) is 0 Å². The van der Waals surface area contributed by atoms with Gasteiger partial charge in [0.1, 0.15) is 0 Å². The van der Waals surface area contributed by atoms with Gasteiger partial charge in [0.25, 0.3) is 5.24 Å². The lowest BCUT2D eigenvalue weighted by atomic mass is 10.2. The number of rotatable bonds is 2. The van der Waals surface area contributed by atoms with Crippen molar-refractivity contribution in [1.29, 1.82) is 0 Å². The average molecular weight is 247 g/mol. The first-order valence-electron chi connectivity index (χ1n) is 3.79. The maximum atomic E-state index is 10.4. The molecule has 0 fully saturated rings. The van der Waals surface area contributed by atoms with E-state index in [0.717, 1.165) is 6.26 Å². The fourth-order valence-electron chi connectivity index (χ4n) is 0.635. The van der Waals surface area contributed by atoms with E-state index in [4.69, 9.17) is 11.6 Å². The molecule has 0 atom stereocenters. The van der Waals surface area contributed by atoms with E-state index in [0.29, 0.717) is 5.56 Å². The molecule has 0 unspecified atom stereocenters. The molecule has 0 saturated heterocycles. The summed E-state index contributed by atoms with van der Waals surface area (Å²) in [4.78, 5) is 19.9. The molecule has 0 aromatic heterocycles. The Morgan fingerprint density at radius 3 is 1.93 bits per heavy atom. The maximum absolute atomic E-state index is 10.4. The second kappa shape index (κ2) is 8.03. The lowest BCUT2D eigenvalue weighted by Gasteiger charge is -1.87. The van der Waals surface area contributed by atoms with Gasteiger partial charge in [0.05, 0.1) is 6.26 Å². The van der Waals surface area contributed by atoms with Crippen molar-refractivity contribution in [1.82, 2.24) is 0 Å². The van der Waals surface area contributed by atoms with Crippen LogP contribution in [0.15, 0.2) is 43.2 Å². The lowest BCUT2D eigenvalue weighted by Crippen LogP contribution is -1.84. The van der Waals surface area contributed by atoms with Crippen LogP contribution in [0.4, 0.5) is 4.79 Å². The number of benzene rings is 1. The molecular formula is C10H8Cl2O3. The molecule has 15 heavy (non-hydrogen) atoms. The minimum Gasteiger partial charge on any atom is -0.423 e. The van der Waals surface area contributed by atoms with Crippen LogP contribution in [-0.4, -0.2) is 10.7 Å². The van der Waals surface area contributed by atoms with Crippen molar-refractivity contribution in [3.05, 3.63) is 48.7 Å². The molecule has 1 aromatic rings. The predicted molar refractivity (Wildman–Crippen MR) is 59.2 cm³/mol. The van der Waals surface area contributed by atoms with Crippen molar-refractivity contribution in [2.24, 2.45) is 0 Å². The highest BCUT2D eigenvalue weighted by atomic mass is 35.5. The number of hydrogen-bond acceptors (Lipinski definition) is 3. The Bertz CT molecular complexity index is 336. The first-order chi connectivity index (χ1) is 7.07. The minimum absolute atomic E-state index is 0.407. The molecular weight excluding hydrogens is 239 g/mol. The molecule has 0 spiro atoms. The second-order valence-electron chi connectivity index (χ2n) is 2.16. The Hall–Kier alpha value is -1.32. The van der Waals surface area contributed by atoms with E-state index in [9.17, 15) is 9.59 Å². The van der Waals surface area contributed by atoms with Gasteiger partial charge in [0.2, 0.25) is 0 Å². The molecule has 1 aromatic carbocycles. The summed E-state index contributed by atoms with van der Waals surface area (Å²) < 4.78 is 3.93. The zero-order valence-corrected chi connectivity index (χ0v) is 9.16. The molecule has 80 valence electrons. The van der Waals surface area contributed by atoms with E-state index in [1.165, 1.54) is 0 Å². The molecule has 3 nitrogen and oxygen atoms in total. The smallest absolute Gasteiger partial charge is 0.408 e. The lowest BCUT2D eigenvalue weighted by molar-refractivity contribution is 0.108. The maximum Gasteiger partial charge on any atom is 0.408 e. The monoisotopic (exact) mass is 246 g/mol. The van der Waals surface area contributed by atoms with Gasteiger partial charge < -0.3 is 4.74 Å². The molecule has 0 aliphatic rings. The fraction of sp³-hybridized carbons (Fsp3) is 0. The van der Waals surface area contributed by atoms with E-state index in [1.54, 1.807) is 24.3 Å². The quantitative estimate of drug-likeness (QED) is 0.592. The molecule has 0 bridgehead atoms. The second-order valence-corrected chi connectivity index (χ2v) is 2.81. The van der Waals surface area contributed by atoms with Gasteiger partial charge in [-0.3, -0.25) is 4.79 Å². The van der Waals surface area contributed by atoms with Gasteiger partial charge >= 0.3 is 5.43 Å². The largest absolute Gasteiger partial charge is 0.423 e. The van der Waals surface area contributed by atoms with Crippen LogP contribution < -0.4 is 0 Å². The summed E-state index contributed by atoms with van der Waals surface area (Å²) in [6.07, 6.45) is 0.968. The topological polar surface area (TPSA) is 43.4 Å². The Morgan fingerprint density at radius 1 is 1.20 bits per heavy atom. The Morgan fingerprint density at radius 2 is 1.73 bits per heavy atom. The molecule has 5 heteroatoms. The Labute approximate surface area is 97.3 Å². The molecule has 0 N–H and O–H groups in total. The van der Waals surface area contributed by atoms with Crippen LogP contribution in [0.25, 0.3) is 0 Å². The first kappa shape index (κ1) is 13.7. The number of carbonyl (C=O) groups excluding carboxylic acids is 2. The molecule has 0 saturated carbocycles. The molecule has 1 rings (SSSR count). The Kier molecular flexibility index (Phi) is 7.32. The molecule has 0 radical (unpaired) electrons. The van der Waals surface area contributed by atoms with E-state index in [2.05, 4.69) is 22.9 Å². The van der Waals surface area contributed by atoms with Gasteiger partial charge in [-0.1, -0.05) is 36.9 Å². The van der Waals surface area contributed by atoms with Gasteiger partial charge in [-0.05, 0) is 11.6 Å². The van der Waals surface area contributed by atoms with Crippen LogP contribution in [0.5, 0.6) is 0 Å². The van der Waals surface area contributed by atoms with E-state index < -0.39 is 10.7 Å². The number of halogens is 2. The van der Waals surface area contributed by atoms with Gasteiger partial charge in [-0.2, -0.15) is 0 Å². The zero-order valence-electron chi connectivity index (χ0n) is 7.65. The van der Waals surface area contributed by atoms with Crippen molar-refractivity contribution in [3.63, 3.8) is 0 Å². The SMILES string of the molecule is C=COC(=O)Cl.O=C(Cl)c1ccccc1. The van der Waals surface area contributed by atoms with Crippen LogP contribution in [0.2, 0.25) is 0 Å². The normalized spacial score (nSPS) is 8.13. The standard InChI is InChI=1S/C7H5ClO.C3H3ClO2/c8-7(9)6-4-2-1-3-5-6;1-2-6-3(4)5/h1-5H;2H,1H2. The third-order valence-corrected chi connectivity index (χ3v) is 1.48. The summed E-state index contributed by atoms with van der Waals surface area (Å²) in [5.74, 6) is 0. The highest BCUT2D eigenvalue weighted by Crippen LogP contribution is 2.01. The number of ether oxygens (including phenoxy) is 1. The predicted octanol–water partition coefficient (Wildman–Crippen LogP) is 3.57. The summed E-state index contributed by atoms with van der Waals surface area (Å²) in [6.45, 7) is 3.07. The van der Waals surface area contributed by atoms with Crippen molar-refractivity contribution < 1.29 is 14.3 Å². The summed E-state index contributed by atoms with van der Waals surface area (Å²) in [5.41, 5.74) is -0.316. The minimum atomic E-state index is -0.856. The molecule has 0 heterocycles. The van der Waals surface area contributed by atoms with E-state index in [-0.39, 0.29) is 0 Å². The third kappa shape index (κ3) is 7.73. The van der Waals surface area contributed by atoms with Crippen molar-refractivity contribution in [2.75, 3.05) is 0 Å². The molecule has 0 aliphatic carbocycles. The summed E-state index contributed by atoms with van der Waals surface area (Å²) in [5, 5.41) is -0.407. The van der Waals surface area contributed by atoms with Gasteiger partial charge in [-0.25, -0.2) is 4.79 Å². The molecule has 0 aliphatic heterocycles. The third-order valence-electron chi connectivity index (χ3n) is 1.18. The van der Waals surface area contributed by atoms with Crippen molar-refractivity contribution >= 4 is 33.9 Å². The van der Waals surface area contributed by atoms with Crippen LogP contribution in [0.3, 0.4) is 0 Å². The van der Waals surface area contributed by atoms with Crippen LogP contribution in [0, 0.1) is 0 Å². The molecule has 0 amide bonds. The van der Waals surface area contributed by atoms with Crippen LogP contribution in [-0.2, 0) is 4.74 Å². The highest BCUT2D eigenvalue weighted by Gasteiger charge is 1.95. The summed E-state index contributed by atoms with van der Waals surface area (Å²) in [6, 6.07) is 8.74. The summed E-state index contributed by atoms with van der Waals surface area (Å²) in [7, 11) is 0. The average Bonchev–Trinajstić information content (AvgIpc) is 2.20. The highest BCUT2D eigenvalue weighted by molar-refractivity contribution is 6.67. The van der Waals surface area contributed by atoms with Crippen LogP contribution in [0.1, 0.15) is 10.4 Å². The first-order valence-corrected chi connectivity index (χ1v) is 4.55.